The van der Waals surface area contributed by atoms with Crippen molar-refractivity contribution in [2.24, 2.45) is 0 Å². The Hall–Kier alpha value is -0.700. The second-order valence-electron chi connectivity index (χ2n) is 1.06. The lowest BCUT2D eigenvalue weighted by Gasteiger charge is -1.72. The largest absolute Gasteiger partial charge is 0.493 e. The van der Waals surface area contributed by atoms with Crippen molar-refractivity contribution in [2.45, 2.75) is 0 Å². The van der Waals surface area contributed by atoms with E-state index in [1.807, 2.05) is 0 Å². The second kappa shape index (κ2) is 1.42. The van der Waals surface area contributed by atoms with Crippen molar-refractivity contribution in [1.29, 1.82) is 0 Å². The van der Waals surface area contributed by atoms with Crippen LogP contribution in [-0.2, 0) is 0 Å². The van der Waals surface area contributed by atoms with E-state index in [1.54, 1.807) is 0 Å². The fraction of sp³-hybridized carbons (Fsp3) is 0. The van der Waals surface area contributed by atoms with Crippen LogP contribution in [0, 0.1) is 0 Å². The zero-order chi connectivity index (χ0) is 5.28. The van der Waals surface area contributed by atoms with Crippen LogP contribution in [0.25, 0.3) is 0 Å². The van der Waals surface area contributed by atoms with Gasteiger partial charge in [0.1, 0.15) is 0 Å². The monoisotopic (exact) mass is 118 g/mol. The molecule has 7 heavy (non-hydrogen) atoms. The highest BCUT2D eigenvalue weighted by molar-refractivity contribution is 6.28. The molecule has 4 heteroatoms. The predicted molar refractivity (Wildman–Crippen MR) is 25.3 cm³/mol. The Labute approximate surface area is 45.0 Å². The van der Waals surface area contributed by atoms with Crippen molar-refractivity contribution in [3.05, 3.63) is 11.5 Å². The van der Waals surface area contributed by atoms with Crippen molar-refractivity contribution in [3.63, 3.8) is 0 Å². The molecule has 1 aromatic heterocycles. The first-order valence-corrected chi connectivity index (χ1v) is 2.06. The van der Waals surface area contributed by atoms with Crippen LogP contribution in [0.5, 0.6) is 5.88 Å². The van der Waals surface area contributed by atoms with Gasteiger partial charge in [-0.25, -0.2) is 4.98 Å². The average Bonchev–Trinajstić information content (AvgIpc) is 1.87. The van der Waals surface area contributed by atoms with E-state index in [1.165, 1.54) is 6.20 Å². The summed E-state index contributed by atoms with van der Waals surface area (Å²) in [6.45, 7) is 0. The molecule has 0 bridgehead atoms. The molecule has 3 nitrogen and oxygen atoms in total. The highest BCUT2D eigenvalue weighted by atomic mass is 35.5. The molecule has 0 radical (unpaired) electrons. The number of hydrogen-bond donors (Lipinski definition) is 2. The third-order valence-electron chi connectivity index (χ3n) is 0.531. The lowest BCUT2D eigenvalue weighted by Crippen LogP contribution is -1.59. The molecule has 1 heterocycles. The molecule has 0 aliphatic heterocycles. The Bertz CT molecular complexity index is 145. The molecule has 2 N–H and O–H groups in total. The van der Waals surface area contributed by atoms with Gasteiger partial charge in [0.05, 0.1) is 6.20 Å². The zero-order valence-corrected chi connectivity index (χ0v) is 4.11. The summed E-state index contributed by atoms with van der Waals surface area (Å²) in [6, 6.07) is 0. The van der Waals surface area contributed by atoms with Gasteiger partial charge in [0.25, 0.3) is 0 Å². The van der Waals surface area contributed by atoms with Gasteiger partial charge < -0.3 is 10.1 Å². The molecule has 38 valence electrons. The fourth-order valence-electron chi connectivity index (χ4n) is 0.288. The summed E-state index contributed by atoms with van der Waals surface area (Å²) in [5, 5.41) is 8.66. The minimum atomic E-state index is -0.00926. The van der Waals surface area contributed by atoms with Gasteiger partial charge in [0.15, 0.2) is 0 Å². The number of H-pyrrole nitrogens is 1. The second-order valence-corrected chi connectivity index (χ2v) is 1.42. The van der Waals surface area contributed by atoms with Crippen LogP contribution in [0.1, 0.15) is 0 Å². The maximum Gasteiger partial charge on any atom is 0.209 e. The molecule has 0 amide bonds. The molecule has 0 saturated carbocycles. The topological polar surface area (TPSA) is 48.9 Å². The van der Waals surface area contributed by atoms with E-state index in [4.69, 9.17) is 16.7 Å². The third kappa shape index (κ3) is 0.838. The van der Waals surface area contributed by atoms with Crippen molar-refractivity contribution < 1.29 is 5.11 Å². The maximum atomic E-state index is 8.45. The predicted octanol–water partition coefficient (Wildman–Crippen LogP) is 0.769. The zero-order valence-electron chi connectivity index (χ0n) is 3.35. The Morgan fingerprint density at radius 2 is 2.57 bits per heavy atom. The average molecular weight is 119 g/mol. The van der Waals surface area contributed by atoms with Crippen LogP contribution in [-0.4, -0.2) is 15.1 Å². The summed E-state index contributed by atoms with van der Waals surface area (Å²) in [5.74, 6) is -0.00926. The summed E-state index contributed by atoms with van der Waals surface area (Å²) < 4.78 is 0. The number of aromatic amines is 1. The first-order chi connectivity index (χ1) is 3.29. The van der Waals surface area contributed by atoms with E-state index in [2.05, 4.69) is 9.97 Å². The highest BCUT2D eigenvalue weighted by Gasteiger charge is 1.88. The van der Waals surface area contributed by atoms with Gasteiger partial charge in [-0.2, -0.15) is 0 Å². The number of hydrogen-bond acceptors (Lipinski definition) is 2. The molecule has 0 saturated heterocycles. The van der Waals surface area contributed by atoms with Crippen molar-refractivity contribution in [2.75, 3.05) is 0 Å². The van der Waals surface area contributed by atoms with Gasteiger partial charge in [0, 0.05) is 0 Å². The lowest BCUT2D eigenvalue weighted by atomic mass is 10.9. The van der Waals surface area contributed by atoms with Crippen molar-refractivity contribution >= 4 is 11.6 Å². The fourth-order valence-corrected chi connectivity index (χ4v) is 0.434. The maximum absolute atomic E-state index is 8.45. The van der Waals surface area contributed by atoms with E-state index in [0.717, 1.165) is 0 Å². The molecule has 0 unspecified atom stereocenters. The molecule has 0 spiro atoms. The Kier molecular flexibility index (Phi) is 0.906. The number of nitrogens with one attached hydrogen (secondary N) is 1. The number of nitrogens with zero attached hydrogens (tertiary/aromatic N) is 1. The van der Waals surface area contributed by atoms with Crippen LogP contribution in [0.2, 0.25) is 5.28 Å². The summed E-state index contributed by atoms with van der Waals surface area (Å²) in [4.78, 5) is 5.82. The summed E-state index contributed by atoms with van der Waals surface area (Å²) in [6.07, 6.45) is 1.24. The molecule has 0 aromatic carbocycles. The lowest BCUT2D eigenvalue weighted by molar-refractivity contribution is 0.456. The van der Waals surface area contributed by atoms with Crippen LogP contribution >= 0.6 is 11.6 Å². The molecular weight excluding hydrogens is 115 g/mol. The van der Waals surface area contributed by atoms with Gasteiger partial charge in [-0.3, -0.25) is 0 Å². The van der Waals surface area contributed by atoms with Gasteiger partial charge in [0.2, 0.25) is 11.2 Å². The van der Waals surface area contributed by atoms with E-state index < -0.39 is 0 Å². The molecular formula is C3H3ClN2O. The van der Waals surface area contributed by atoms with Gasteiger partial charge in [-0.05, 0) is 11.6 Å². The summed E-state index contributed by atoms with van der Waals surface area (Å²) in [7, 11) is 0. The van der Waals surface area contributed by atoms with Crippen LogP contribution in [0.4, 0.5) is 0 Å². The first kappa shape index (κ1) is 4.46. The van der Waals surface area contributed by atoms with Gasteiger partial charge in [-0.15, -0.1) is 0 Å². The van der Waals surface area contributed by atoms with Gasteiger partial charge in [-0.1, -0.05) is 0 Å². The minimum absolute atomic E-state index is 0.00926. The smallest absolute Gasteiger partial charge is 0.209 e. The minimum Gasteiger partial charge on any atom is -0.493 e. The van der Waals surface area contributed by atoms with Crippen LogP contribution < -0.4 is 0 Å². The summed E-state index contributed by atoms with van der Waals surface area (Å²) >= 11 is 5.23. The number of imidazole rings is 1. The Morgan fingerprint density at radius 1 is 1.86 bits per heavy atom. The molecule has 0 aliphatic carbocycles. The quantitative estimate of drug-likeness (QED) is 0.529. The molecule has 1 aromatic rings. The first-order valence-electron chi connectivity index (χ1n) is 1.68. The molecule has 0 atom stereocenters. The highest BCUT2D eigenvalue weighted by Crippen LogP contribution is 2.05. The number of aromatic hydroxyl groups is 1. The van der Waals surface area contributed by atoms with Crippen LogP contribution in [0.15, 0.2) is 6.20 Å². The standard InChI is InChI=1S/C3H3ClN2O/c4-3-5-1-2(7)6-3/h1,7H,(H,5,6). The Balaban J connectivity index is 3.04. The van der Waals surface area contributed by atoms with Crippen molar-refractivity contribution in [3.8, 4) is 5.88 Å². The third-order valence-corrected chi connectivity index (χ3v) is 0.723. The molecule has 1 rings (SSSR count). The SMILES string of the molecule is Oc1cnc(Cl)[nH]1. The van der Waals surface area contributed by atoms with E-state index in [0.29, 0.717) is 0 Å². The molecule has 0 fully saturated rings. The molecule has 0 aliphatic rings. The number of rotatable bonds is 0. The van der Waals surface area contributed by atoms with Crippen molar-refractivity contribution in [1.82, 2.24) is 9.97 Å². The van der Waals surface area contributed by atoms with E-state index in [-0.39, 0.29) is 11.2 Å². The number of halogens is 1. The van der Waals surface area contributed by atoms with E-state index in [9.17, 15) is 0 Å². The summed E-state index contributed by atoms with van der Waals surface area (Å²) in [5.41, 5.74) is 0. The Morgan fingerprint density at radius 3 is 2.71 bits per heavy atom. The normalized spacial score (nSPS) is 9.29. The number of aromatic nitrogens is 2. The van der Waals surface area contributed by atoms with Gasteiger partial charge >= 0.3 is 0 Å². The van der Waals surface area contributed by atoms with E-state index >= 15 is 0 Å². The van der Waals surface area contributed by atoms with Crippen LogP contribution in [0.3, 0.4) is 0 Å².